The standard InChI is InChI=1S/C18H18N2O8/c1-26-9-2-3-12(20(24)25)11(6-9)19-14(21)7-27-17(22)15-8-4-10-13(5-8)28-18(23)16(10)15/h2-3,6,8,10,13,15-16H,4-5,7H2,1H3,(H,19,21)/t8-,10+,13-,15-,16+/m1/s1. The number of anilines is 1. The number of esters is 2. The zero-order valence-corrected chi connectivity index (χ0v) is 15.0. The monoisotopic (exact) mass is 390 g/mol. The van der Waals surface area contributed by atoms with Crippen LogP contribution in [0, 0.1) is 33.8 Å². The Hall–Kier alpha value is -3.17. The zero-order chi connectivity index (χ0) is 20.0. The summed E-state index contributed by atoms with van der Waals surface area (Å²) in [6.45, 7) is -0.605. The van der Waals surface area contributed by atoms with Crippen LogP contribution in [0.3, 0.4) is 0 Å². The van der Waals surface area contributed by atoms with Crippen molar-refractivity contribution in [2.45, 2.75) is 18.9 Å². The van der Waals surface area contributed by atoms with E-state index in [1.807, 2.05) is 0 Å². The summed E-state index contributed by atoms with van der Waals surface area (Å²) in [6, 6.07) is 3.91. The zero-order valence-electron chi connectivity index (χ0n) is 15.0. The molecule has 1 aromatic carbocycles. The van der Waals surface area contributed by atoms with Crippen LogP contribution < -0.4 is 10.1 Å². The highest BCUT2D eigenvalue weighted by Gasteiger charge is 2.64. The molecule has 2 aliphatic carbocycles. The molecule has 1 amide bonds. The summed E-state index contributed by atoms with van der Waals surface area (Å²) in [5.74, 6) is -2.36. The molecule has 2 saturated carbocycles. The highest BCUT2D eigenvalue weighted by atomic mass is 16.6. The van der Waals surface area contributed by atoms with E-state index in [1.165, 1.54) is 25.3 Å². The maximum atomic E-state index is 12.5. The minimum atomic E-state index is -0.722. The number of ether oxygens (including phenoxy) is 3. The van der Waals surface area contributed by atoms with Crippen LogP contribution >= 0.6 is 0 Å². The van der Waals surface area contributed by atoms with E-state index in [-0.39, 0.29) is 35.3 Å². The normalized spacial score (nSPS) is 29.3. The van der Waals surface area contributed by atoms with Gasteiger partial charge in [0, 0.05) is 18.1 Å². The molecule has 0 radical (unpaired) electrons. The topological polar surface area (TPSA) is 134 Å². The lowest BCUT2D eigenvalue weighted by Gasteiger charge is -2.22. The molecule has 10 heteroatoms. The molecule has 2 bridgehead atoms. The number of nitro groups is 1. The number of nitrogens with one attached hydrogen (secondary N) is 1. The summed E-state index contributed by atoms with van der Waals surface area (Å²) in [5, 5.41) is 13.5. The van der Waals surface area contributed by atoms with Crippen molar-refractivity contribution in [1.29, 1.82) is 0 Å². The summed E-state index contributed by atoms with van der Waals surface area (Å²) in [4.78, 5) is 47.0. The van der Waals surface area contributed by atoms with E-state index in [9.17, 15) is 24.5 Å². The van der Waals surface area contributed by atoms with Gasteiger partial charge >= 0.3 is 11.9 Å². The molecule has 1 N–H and O–H groups in total. The molecule has 0 spiro atoms. The van der Waals surface area contributed by atoms with Gasteiger partial charge in [0.15, 0.2) is 6.61 Å². The first-order valence-corrected chi connectivity index (χ1v) is 8.88. The summed E-state index contributed by atoms with van der Waals surface area (Å²) < 4.78 is 15.4. The van der Waals surface area contributed by atoms with E-state index in [0.717, 1.165) is 6.42 Å². The lowest BCUT2D eigenvalue weighted by atomic mass is 9.80. The number of amides is 1. The summed E-state index contributed by atoms with van der Waals surface area (Å²) in [5.41, 5.74) is -0.374. The second-order valence-corrected chi connectivity index (χ2v) is 7.22. The van der Waals surface area contributed by atoms with Gasteiger partial charge in [-0.2, -0.15) is 0 Å². The van der Waals surface area contributed by atoms with Crippen molar-refractivity contribution >= 4 is 29.2 Å². The lowest BCUT2D eigenvalue weighted by Crippen LogP contribution is -2.35. The van der Waals surface area contributed by atoms with Crippen LogP contribution in [-0.4, -0.2) is 42.6 Å². The molecule has 148 valence electrons. The van der Waals surface area contributed by atoms with E-state index in [4.69, 9.17) is 14.2 Å². The second-order valence-electron chi connectivity index (χ2n) is 7.22. The van der Waals surface area contributed by atoms with Gasteiger partial charge < -0.3 is 19.5 Å². The average Bonchev–Trinajstić information content (AvgIpc) is 3.28. The predicted octanol–water partition coefficient (Wildman–Crippen LogP) is 1.28. The molecular formula is C18H18N2O8. The molecule has 28 heavy (non-hydrogen) atoms. The van der Waals surface area contributed by atoms with Gasteiger partial charge in [-0.15, -0.1) is 0 Å². The molecule has 3 fully saturated rings. The molecule has 0 aromatic heterocycles. The number of carbonyl (C=O) groups is 3. The van der Waals surface area contributed by atoms with Gasteiger partial charge in [0.1, 0.15) is 17.5 Å². The van der Waals surface area contributed by atoms with E-state index in [1.54, 1.807) is 0 Å². The highest BCUT2D eigenvalue weighted by Crippen LogP contribution is 2.57. The van der Waals surface area contributed by atoms with Gasteiger partial charge in [0.05, 0.1) is 23.9 Å². The maximum Gasteiger partial charge on any atom is 0.310 e. The Kier molecular flexibility index (Phi) is 4.40. The minimum absolute atomic E-state index is 0.0292. The molecule has 4 rings (SSSR count). The van der Waals surface area contributed by atoms with Crippen molar-refractivity contribution in [3.05, 3.63) is 28.3 Å². The van der Waals surface area contributed by atoms with E-state index < -0.39 is 35.2 Å². The number of fused-ring (bicyclic) bond motifs is 1. The molecule has 0 unspecified atom stereocenters. The number of rotatable bonds is 6. The average molecular weight is 390 g/mol. The number of carbonyl (C=O) groups excluding carboxylic acids is 3. The summed E-state index contributed by atoms with van der Waals surface area (Å²) in [6.07, 6.45) is 1.31. The van der Waals surface area contributed by atoms with Crippen LogP contribution in [0.4, 0.5) is 11.4 Å². The van der Waals surface area contributed by atoms with Crippen molar-refractivity contribution in [1.82, 2.24) is 0 Å². The minimum Gasteiger partial charge on any atom is -0.497 e. The number of benzene rings is 1. The smallest absolute Gasteiger partial charge is 0.310 e. The first-order valence-electron chi connectivity index (χ1n) is 8.88. The van der Waals surface area contributed by atoms with Crippen LogP contribution in [0.5, 0.6) is 5.75 Å². The fourth-order valence-corrected chi connectivity index (χ4v) is 4.65. The molecule has 1 aromatic rings. The number of hydrogen-bond acceptors (Lipinski definition) is 8. The summed E-state index contributed by atoms with van der Waals surface area (Å²) >= 11 is 0. The third kappa shape index (κ3) is 2.94. The number of hydrogen-bond donors (Lipinski definition) is 1. The Morgan fingerprint density at radius 2 is 2.14 bits per heavy atom. The van der Waals surface area contributed by atoms with Gasteiger partial charge in [-0.3, -0.25) is 24.5 Å². The van der Waals surface area contributed by atoms with Crippen LogP contribution in [0.15, 0.2) is 18.2 Å². The Bertz CT molecular complexity index is 867. The number of nitro benzene ring substituents is 1. The molecule has 1 aliphatic heterocycles. The van der Waals surface area contributed by atoms with Crippen molar-refractivity contribution in [2.75, 3.05) is 19.0 Å². The van der Waals surface area contributed by atoms with Gasteiger partial charge in [-0.25, -0.2) is 0 Å². The maximum absolute atomic E-state index is 12.5. The number of methoxy groups -OCH3 is 1. The van der Waals surface area contributed by atoms with Crippen molar-refractivity contribution in [2.24, 2.45) is 23.7 Å². The van der Waals surface area contributed by atoms with Crippen molar-refractivity contribution in [3.63, 3.8) is 0 Å². The van der Waals surface area contributed by atoms with E-state index in [2.05, 4.69) is 5.32 Å². The first-order chi connectivity index (χ1) is 13.4. The van der Waals surface area contributed by atoms with Crippen LogP contribution in [0.1, 0.15) is 12.8 Å². The molecule has 3 aliphatic rings. The van der Waals surface area contributed by atoms with E-state index in [0.29, 0.717) is 12.2 Å². The van der Waals surface area contributed by atoms with Crippen LogP contribution in [0.2, 0.25) is 0 Å². The first kappa shape index (κ1) is 18.2. The van der Waals surface area contributed by atoms with E-state index >= 15 is 0 Å². The SMILES string of the molecule is COc1ccc([N+](=O)[O-])c(NC(=O)COC(=O)[C@@H]2[C@@H]3C[C@@H]4[C@@H]2C(=O)O[C@@H]4C3)c1. The Balaban J connectivity index is 1.38. The van der Waals surface area contributed by atoms with Crippen LogP contribution in [-0.2, 0) is 23.9 Å². The Morgan fingerprint density at radius 3 is 2.86 bits per heavy atom. The molecule has 1 heterocycles. The Labute approximate surface area is 159 Å². The van der Waals surface area contributed by atoms with Gasteiger partial charge in [0.2, 0.25) is 0 Å². The fourth-order valence-electron chi connectivity index (χ4n) is 4.65. The predicted molar refractivity (Wildman–Crippen MR) is 92.3 cm³/mol. The molecular weight excluding hydrogens is 372 g/mol. The van der Waals surface area contributed by atoms with Gasteiger partial charge in [0.25, 0.3) is 11.6 Å². The van der Waals surface area contributed by atoms with Crippen molar-refractivity contribution < 1.29 is 33.5 Å². The number of nitrogens with zero attached hydrogens (tertiary/aromatic N) is 1. The lowest BCUT2D eigenvalue weighted by molar-refractivity contribution is -0.383. The highest BCUT2D eigenvalue weighted by molar-refractivity contribution is 5.95. The third-order valence-corrected chi connectivity index (χ3v) is 5.78. The van der Waals surface area contributed by atoms with Gasteiger partial charge in [-0.1, -0.05) is 0 Å². The molecule has 10 nitrogen and oxygen atoms in total. The van der Waals surface area contributed by atoms with Crippen LogP contribution in [0.25, 0.3) is 0 Å². The Morgan fingerprint density at radius 1 is 1.36 bits per heavy atom. The third-order valence-electron chi connectivity index (χ3n) is 5.78. The quantitative estimate of drug-likeness (QED) is 0.436. The second kappa shape index (κ2) is 6.77. The molecule has 5 atom stereocenters. The largest absolute Gasteiger partial charge is 0.497 e. The molecule has 1 saturated heterocycles. The summed E-state index contributed by atoms with van der Waals surface area (Å²) in [7, 11) is 1.39. The van der Waals surface area contributed by atoms with Gasteiger partial charge in [-0.05, 0) is 24.8 Å². The fraction of sp³-hybridized carbons (Fsp3) is 0.500. The van der Waals surface area contributed by atoms with Crippen molar-refractivity contribution in [3.8, 4) is 5.75 Å².